The average Bonchev–Trinajstić information content (AvgIpc) is 2.76. The summed E-state index contributed by atoms with van der Waals surface area (Å²) in [5.41, 5.74) is 0. The van der Waals surface area contributed by atoms with Crippen LogP contribution in [-0.2, 0) is 9.53 Å². The van der Waals surface area contributed by atoms with Gasteiger partial charge >= 0.3 is 0 Å². The van der Waals surface area contributed by atoms with E-state index >= 15 is 0 Å². The summed E-state index contributed by atoms with van der Waals surface area (Å²) in [6.45, 7) is 6.70. The number of carbonyl (C=O) groups is 1. The lowest BCUT2D eigenvalue weighted by molar-refractivity contribution is -0.120. The second-order valence-electron chi connectivity index (χ2n) is 3.64. The summed E-state index contributed by atoms with van der Waals surface area (Å²) >= 11 is 1.44. The van der Waals surface area contributed by atoms with E-state index in [4.69, 9.17) is 4.74 Å². The highest BCUT2D eigenvalue weighted by atomic mass is 32.1. The molecule has 1 aromatic rings. The maximum absolute atomic E-state index is 11.4. The number of ether oxygens (including phenoxy) is 1. The zero-order chi connectivity index (χ0) is 12.7. The van der Waals surface area contributed by atoms with Gasteiger partial charge in [-0.15, -0.1) is 10.2 Å². The van der Waals surface area contributed by atoms with Crippen molar-refractivity contribution in [1.29, 1.82) is 0 Å². The molecular formula is C11H19N3O2S. The molecule has 1 heterocycles. The molecule has 0 aliphatic heterocycles. The lowest BCUT2D eigenvalue weighted by Crippen LogP contribution is -2.17. The van der Waals surface area contributed by atoms with Crippen LogP contribution in [0.15, 0.2) is 0 Å². The minimum absolute atomic E-state index is 0.0659. The fourth-order valence-corrected chi connectivity index (χ4v) is 2.46. The van der Waals surface area contributed by atoms with Gasteiger partial charge in [-0.25, -0.2) is 0 Å². The molecule has 1 rings (SSSR count). The van der Waals surface area contributed by atoms with Gasteiger partial charge in [-0.1, -0.05) is 25.2 Å². The average molecular weight is 257 g/mol. The van der Waals surface area contributed by atoms with E-state index in [2.05, 4.69) is 29.4 Å². The van der Waals surface area contributed by atoms with Crippen molar-refractivity contribution in [2.75, 3.05) is 18.5 Å². The van der Waals surface area contributed by atoms with Gasteiger partial charge in [0.1, 0.15) is 11.6 Å². The summed E-state index contributed by atoms with van der Waals surface area (Å²) < 4.78 is 5.01. The van der Waals surface area contributed by atoms with Gasteiger partial charge in [0.15, 0.2) is 0 Å². The van der Waals surface area contributed by atoms with Gasteiger partial charge in [0, 0.05) is 12.5 Å². The molecule has 0 saturated heterocycles. The van der Waals surface area contributed by atoms with Gasteiger partial charge in [-0.2, -0.15) is 0 Å². The number of hydrogen-bond acceptors (Lipinski definition) is 5. The van der Waals surface area contributed by atoms with Crippen molar-refractivity contribution >= 4 is 22.4 Å². The molecule has 0 aliphatic carbocycles. The van der Waals surface area contributed by atoms with E-state index in [9.17, 15) is 4.79 Å². The van der Waals surface area contributed by atoms with Gasteiger partial charge in [0.25, 0.3) is 5.91 Å². The molecule has 0 saturated carbocycles. The minimum atomic E-state index is -0.181. The van der Waals surface area contributed by atoms with E-state index in [0.717, 1.165) is 17.8 Å². The van der Waals surface area contributed by atoms with Crippen LogP contribution in [-0.4, -0.2) is 29.3 Å². The van der Waals surface area contributed by atoms with Crippen LogP contribution < -0.4 is 5.32 Å². The first-order valence-electron chi connectivity index (χ1n) is 5.92. The van der Waals surface area contributed by atoms with Gasteiger partial charge in [-0.05, 0) is 19.8 Å². The molecule has 0 aliphatic rings. The van der Waals surface area contributed by atoms with Gasteiger partial charge in [-0.3, -0.25) is 10.1 Å². The number of carbonyl (C=O) groups excluding carboxylic acids is 1. The second-order valence-corrected chi connectivity index (χ2v) is 4.65. The van der Waals surface area contributed by atoms with E-state index in [-0.39, 0.29) is 12.5 Å². The Morgan fingerprint density at radius 3 is 2.65 bits per heavy atom. The first kappa shape index (κ1) is 14.1. The Bertz CT molecular complexity index is 350. The molecule has 17 heavy (non-hydrogen) atoms. The highest BCUT2D eigenvalue weighted by Gasteiger charge is 2.14. The minimum Gasteiger partial charge on any atom is -0.372 e. The zero-order valence-corrected chi connectivity index (χ0v) is 11.3. The maximum atomic E-state index is 11.4. The van der Waals surface area contributed by atoms with E-state index in [1.165, 1.54) is 11.3 Å². The third-order valence-corrected chi connectivity index (χ3v) is 3.46. The molecule has 0 spiro atoms. The summed E-state index contributed by atoms with van der Waals surface area (Å²) in [5.74, 6) is 0.254. The number of nitrogens with zero attached hydrogens (tertiary/aromatic N) is 2. The summed E-state index contributed by atoms with van der Waals surface area (Å²) in [5, 5.41) is 12.3. The first-order valence-corrected chi connectivity index (χ1v) is 6.73. The standard InChI is InChI=1S/C11H19N3O2S/c1-4-8(5-2)10-13-14-11(17-10)12-9(15)7-16-6-3/h8H,4-7H2,1-3H3,(H,12,14,15). The highest BCUT2D eigenvalue weighted by Crippen LogP contribution is 2.27. The fraction of sp³-hybridized carbons (Fsp3) is 0.727. The lowest BCUT2D eigenvalue weighted by Gasteiger charge is -2.05. The maximum Gasteiger partial charge on any atom is 0.252 e. The summed E-state index contributed by atoms with van der Waals surface area (Å²) in [6.07, 6.45) is 2.08. The van der Waals surface area contributed by atoms with E-state index in [1.54, 1.807) is 0 Å². The van der Waals surface area contributed by atoms with Crippen LogP contribution in [0.25, 0.3) is 0 Å². The fourth-order valence-electron chi connectivity index (χ4n) is 1.44. The van der Waals surface area contributed by atoms with Crippen LogP contribution in [0.4, 0.5) is 5.13 Å². The van der Waals surface area contributed by atoms with Crippen LogP contribution in [0.2, 0.25) is 0 Å². The molecule has 96 valence electrons. The molecule has 0 fully saturated rings. The van der Waals surface area contributed by atoms with Crippen LogP contribution in [0, 0.1) is 0 Å². The second kappa shape index (κ2) is 7.34. The Morgan fingerprint density at radius 1 is 1.35 bits per heavy atom. The summed E-state index contributed by atoms with van der Waals surface area (Å²) in [6, 6.07) is 0. The monoisotopic (exact) mass is 257 g/mol. The predicted molar refractivity (Wildman–Crippen MR) is 68.4 cm³/mol. The quantitative estimate of drug-likeness (QED) is 0.814. The van der Waals surface area contributed by atoms with Gasteiger partial charge in [0.05, 0.1) is 0 Å². The molecule has 6 heteroatoms. The van der Waals surface area contributed by atoms with Crippen molar-refractivity contribution in [2.45, 2.75) is 39.5 Å². The van der Waals surface area contributed by atoms with Crippen molar-refractivity contribution in [1.82, 2.24) is 10.2 Å². The van der Waals surface area contributed by atoms with Gasteiger partial charge < -0.3 is 4.74 Å². The first-order chi connectivity index (χ1) is 8.21. The molecule has 0 atom stereocenters. The SMILES string of the molecule is CCOCC(=O)Nc1nnc(C(CC)CC)s1. The molecule has 1 amide bonds. The number of amides is 1. The van der Waals surface area contributed by atoms with Gasteiger partial charge in [0.2, 0.25) is 5.13 Å². The third kappa shape index (κ3) is 4.40. The number of hydrogen-bond donors (Lipinski definition) is 1. The Kier molecular flexibility index (Phi) is 6.07. The van der Waals surface area contributed by atoms with Crippen LogP contribution in [0.3, 0.4) is 0 Å². The van der Waals surface area contributed by atoms with Crippen molar-refractivity contribution < 1.29 is 9.53 Å². The Balaban J connectivity index is 2.53. The lowest BCUT2D eigenvalue weighted by atomic mass is 10.1. The molecule has 0 bridgehead atoms. The topological polar surface area (TPSA) is 64.1 Å². The van der Waals surface area contributed by atoms with E-state index in [0.29, 0.717) is 17.7 Å². The molecular weight excluding hydrogens is 238 g/mol. The Hall–Kier alpha value is -1.01. The van der Waals surface area contributed by atoms with Crippen molar-refractivity contribution in [3.63, 3.8) is 0 Å². The zero-order valence-electron chi connectivity index (χ0n) is 10.5. The number of aromatic nitrogens is 2. The molecule has 5 nitrogen and oxygen atoms in total. The Labute approximate surface area is 106 Å². The molecule has 1 aromatic heterocycles. The van der Waals surface area contributed by atoms with Crippen molar-refractivity contribution in [2.24, 2.45) is 0 Å². The van der Waals surface area contributed by atoms with Crippen molar-refractivity contribution in [3.8, 4) is 0 Å². The van der Waals surface area contributed by atoms with Crippen LogP contribution >= 0.6 is 11.3 Å². The molecule has 0 radical (unpaired) electrons. The van der Waals surface area contributed by atoms with Crippen LogP contribution in [0.1, 0.15) is 44.5 Å². The molecule has 1 N–H and O–H groups in total. The summed E-state index contributed by atoms with van der Waals surface area (Å²) in [4.78, 5) is 11.4. The molecule has 0 aromatic carbocycles. The number of rotatable bonds is 7. The Morgan fingerprint density at radius 2 is 2.06 bits per heavy atom. The number of anilines is 1. The molecule has 0 unspecified atom stereocenters. The highest BCUT2D eigenvalue weighted by molar-refractivity contribution is 7.15. The smallest absolute Gasteiger partial charge is 0.252 e. The van der Waals surface area contributed by atoms with Crippen LogP contribution in [0.5, 0.6) is 0 Å². The largest absolute Gasteiger partial charge is 0.372 e. The third-order valence-electron chi connectivity index (χ3n) is 2.46. The van der Waals surface area contributed by atoms with E-state index < -0.39 is 0 Å². The predicted octanol–water partition coefficient (Wildman–Crippen LogP) is 2.42. The summed E-state index contributed by atoms with van der Waals surface area (Å²) in [7, 11) is 0. The normalized spacial score (nSPS) is 10.8. The number of nitrogens with one attached hydrogen (secondary N) is 1. The van der Waals surface area contributed by atoms with Crippen molar-refractivity contribution in [3.05, 3.63) is 5.01 Å². The van der Waals surface area contributed by atoms with E-state index in [1.807, 2.05) is 6.92 Å².